The highest BCUT2D eigenvalue weighted by molar-refractivity contribution is 6.05. The van der Waals surface area contributed by atoms with E-state index in [4.69, 9.17) is 4.65 Å². The van der Waals surface area contributed by atoms with E-state index in [9.17, 15) is 4.79 Å². The minimum absolute atomic E-state index is 0. The molecule has 0 aliphatic carbocycles. The van der Waals surface area contributed by atoms with Gasteiger partial charge in [0.2, 0.25) is 0 Å². The van der Waals surface area contributed by atoms with Crippen molar-refractivity contribution in [3.05, 3.63) is 0 Å². The van der Waals surface area contributed by atoms with E-state index in [2.05, 4.69) is 11.8 Å². The highest BCUT2D eigenvalue weighted by Crippen LogP contribution is 2.18. The maximum atomic E-state index is 11.7. The number of likely N-dealkylation sites (tertiary alicyclic amines) is 1. The maximum Gasteiger partial charge on any atom is 0.325 e. The van der Waals surface area contributed by atoms with Crippen LogP contribution in [0.2, 0.25) is 0 Å². The van der Waals surface area contributed by atoms with Crippen molar-refractivity contribution in [2.24, 2.45) is 5.92 Å². The van der Waals surface area contributed by atoms with Gasteiger partial charge < -0.3 is 9.55 Å². The normalized spacial score (nSPS) is 16.6. The predicted molar refractivity (Wildman–Crippen MR) is 91.7 cm³/mol. The van der Waals surface area contributed by atoms with Crippen LogP contribution in [0.25, 0.3) is 0 Å². The molecule has 0 amide bonds. The Bertz CT molecular complexity index is 239. The fourth-order valence-electron chi connectivity index (χ4n) is 2.74. The SMILES string of the molecule is BOC(=O)C(CCCC)CCCN1CCCCC1.Cl.Cl. The van der Waals surface area contributed by atoms with Crippen LogP contribution in [0.3, 0.4) is 0 Å². The van der Waals surface area contributed by atoms with Crippen LogP contribution in [-0.4, -0.2) is 38.6 Å². The Kier molecular flexibility index (Phi) is 15.7. The van der Waals surface area contributed by atoms with Crippen LogP contribution in [0.4, 0.5) is 0 Å². The van der Waals surface area contributed by atoms with Crippen molar-refractivity contribution in [3.8, 4) is 0 Å². The Morgan fingerprint density at radius 3 is 2.30 bits per heavy atom. The Morgan fingerprint density at radius 1 is 1.15 bits per heavy atom. The number of carbonyl (C=O) groups is 1. The monoisotopic (exact) mass is 325 g/mol. The number of carbonyl (C=O) groups excluding carboxylic acids is 1. The first-order valence-corrected chi connectivity index (χ1v) is 7.58. The Labute approximate surface area is 137 Å². The van der Waals surface area contributed by atoms with Crippen molar-refractivity contribution in [2.75, 3.05) is 19.6 Å². The van der Waals surface area contributed by atoms with E-state index in [0.29, 0.717) is 0 Å². The second kappa shape index (κ2) is 14.0. The summed E-state index contributed by atoms with van der Waals surface area (Å²) in [4.78, 5) is 14.2. The number of piperidine rings is 1. The number of hydrogen-bond acceptors (Lipinski definition) is 3. The average Bonchev–Trinajstić information content (AvgIpc) is 2.43. The molecule has 1 unspecified atom stereocenters. The summed E-state index contributed by atoms with van der Waals surface area (Å²) in [5.74, 6) is 0.113. The zero-order valence-electron chi connectivity index (χ0n) is 12.9. The van der Waals surface area contributed by atoms with E-state index in [1.54, 1.807) is 0 Å². The molecule has 6 heteroatoms. The molecule has 1 atom stereocenters. The third-order valence-electron chi connectivity index (χ3n) is 3.92. The van der Waals surface area contributed by atoms with Gasteiger partial charge in [-0.2, -0.15) is 0 Å². The molecule has 1 rings (SSSR count). The van der Waals surface area contributed by atoms with Crippen LogP contribution < -0.4 is 0 Å². The molecule has 0 spiro atoms. The van der Waals surface area contributed by atoms with Gasteiger partial charge in [-0.15, -0.1) is 24.8 Å². The first kappa shape index (κ1) is 22.4. The number of nitrogens with zero attached hydrogens (tertiary/aromatic N) is 1. The lowest BCUT2D eigenvalue weighted by molar-refractivity contribution is -0.139. The highest BCUT2D eigenvalue weighted by atomic mass is 35.5. The van der Waals surface area contributed by atoms with Crippen LogP contribution >= 0.6 is 24.8 Å². The predicted octanol–water partition coefficient (Wildman–Crippen LogP) is 2.99. The lowest BCUT2D eigenvalue weighted by Crippen LogP contribution is -2.31. The second-order valence-corrected chi connectivity index (χ2v) is 5.41. The van der Waals surface area contributed by atoms with Gasteiger partial charge in [-0.05, 0) is 51.7 Å². The number of halogens is 2. The van der Waals surface area contributed by atoms with E-state index in [1.807, 2.05) is 0 Å². The third-order valence-corrected chi connectivity index (χ3v) is 3.92. The van der Waals surface area contributed by atoms with Gasteiger partial charge in [0, 0.05) is 0 Å². The Morgan fingerprint density at radius 2 is 1.75 bits per heavy atom. The molecule has 120 valence electrons. The molecular formula is C14H30BCl2NO2. The molecule has 0 aromatic rings. The van der Waals surface area contributed by atoms with Crippen LogP contribution in [0, 0.1) is 5.92 Å². The summed E-state index contributed by atoms with van der Waals surface area (Å²) >= 11 is 0. The van der Waals surface area contributed by atoms with Crippen LogP contribution in [-0.2, 0) is 9.45 Å². The molecule has 0 bridgehead atoms. The topological polar surface area (TPSA) is 29.5 Å². The quantitative estimate of drug-likeness (QED) is 0.642. The first-order valence-electron chi connectivity index (χ1n) is 7.58. The minimum Gasteiger partial charge on any atom is -0.543 e. The molecule has 0 saturated carbocycles. The fourth-order valence-corrected chi connectivity index (χ4v) is 2.74. The molecule has 0 aromatic carbocycles. The Balaban J connectivity index is 0. The molecule has 1 fully saturated rings. The standard InChI is InChI=1S/C14H28BNO2.2ClH/c1-2-3-8-13(14(17)18-15)9-7-12-16-10-5-4-6-11-16;;/h13H,2-12,15H2,1H3;2*1H. The van der Waals surface area contributed by atoms with Crippen LogP contribution in [0.5, 0.6) is 0 Å². The molecular weight excluding hydrogens is 296 g/mol. The molecule has 0 N–H and O–H groups in total. The lowest BCUT2D eigenvalue weighted by Gasteiger charge is -2.26. The van der Waals surface area contributed by atoms with Crippen LogP contribution in [0.1, 0.15) is 58.3 Å². The van der Waals surface area contributed by atoms with Gasteiger partial charge in [-0.25, -0.2) is 0 Å². The lowest BCUT2D eigenvalue weighted by atomic mass is 9.96. The van der Waals surface area contributed by atoms with Crippen molar-refractivity contribution in [3.63, 3.8) is 0 Å². The third kappa shape index (κ3) is 9.09. The molecule has 20 heavy (non-hydrogen) atoms. The molecule has 0 aromatic heterocycles. The largest absolute Gasteiger partial charge is 0.543 e. The first-order chi connectivity index (χ1) is 8.77. The van der Waals surface area contributed by atoms with E-state index in [-0.39, 0.29) is 36.7 Å². The van der Waals surface area contributed by atoms with E-state index in [0.717, 1.165) is 38.6 Å². The minimum atomic E-state index is -0.0119. The number of unbranched alkanes of at least 4 members (excludes halogenated alkanes) is 1. The fraction of sp³-hybridized carbons (Fsp3) is 0.929. The summed E-state index contributed by atoms with van der Waals surface area (Å²) in [6.45, 7) is 5.82. The van der Waals surface area contributed by atoms with Crippen LogP contribution in [0.15, 0.2) is 0 Å². The zero-order valence-corrected chi connectivity index (χ0v) is 14.6. The van der Waals surface area contributed by atoms with E-state index in [1.165, 1.54) is 40.4 Å². The van der Waals surface area contributed by atoms with Gasteiger partial charge in [-0.1, -0.05) is 26.2 Å². The molecule has 3 nitrogen and oxygen atoms in total. The van der Waals surface area contributed by atoms with Crippen molar-refractivity contribution in [1.82, 2.24) is 4.90 Å². The van der Waals surface area contributed by atoms with Gasteiger partial charge in [0.15, 0.2) is 0 Å². The molecule has 1 aliphatic heterocycles. The van der Waals surface area contributed by atoms with E-state index < -0.39 is 0 Å². The molecule has 1 saturated heterocycles. The summed E-state index contributed by atoms with van der Waals surface area (Å²) in [6, 6.07) is 0. The van der Waals surface area contributed by atoms with Gasteiger partial charge >= 0.3 is 8.05 Å². The second-order valence-electron chi connectivity index (χ2n) is 5.41. The summed E-state index contributed by atoms with van der Waals surface area (Å²) in [5.41, 5.74) is 0. The molecule has 0 radical (unpaired) electrons. The summed E-state index contributed by atoms with van der Waals surface area (Å²) in [5, 5.41) is 0. The van der Waals surface area contributed by atoms with Crippen molar-refractivity contribution >= 4 is 38.8 Å². The number of hydrogen-bond donors (Lipinski definition) is 0. The van der Waals surface area contributed by atoms with E-state index >= 15 is 0 Å². The van der Waals surface area contributed by atoms with Gasteiger partial charge in [0.25, 0.3) is 5.97 Å². The highest BCUT2D eigenvalue weighted by Gasteiger charge is 2.18. The average molecular weight is 326 g/mol. The number of rotatable bonds is 8. The summed E-state index contributed by atoms with van der Waals surface area (Å²) in [7, 11) is 1.51. The Hall–Kier alpha value is 0.0749. The maximum absolute atomic E-state index is 11.7. The van der Waals surface area contributed by atoms with Crippen molar-refractivity contribution in [2.45, 2.75) is 58.3 Å². The molecule has 1 aliphatic rings. The van der Waals surface area contributed by atoms with Gasteiger partial charge in [0.05, 0.1) is 5.92 Å². The van der Waals surface area contributed by atoms with Gasteiger partial charge in [0.1, 0.15) is 0 Å². The van der Waals surface area contributed by atoms with Crippen molar-refractivity contribution in [1.29, 1.82) is 0 Å². The molecule has 1 heterocycles. The smallest absolute Gasteiger partial charge is 0.325 e. The zero-order chi connectivity index (χ0) is 13.2. The summed E-state index contributed by atoms with van der Waals surface area (Å²) in [6.07, 6.45) is 9.46. The van der Waals surface area contributed by atoms with Crippen molar-refractivity contribution < 1.29 is 9.45 Å². The summed E-state index contributed by atoms with van der Waals surface area (Å²) < 4.78 is 4.90. The van der Waals surface area contributed by atoms with Gasteiger partial charge in [-0.3, -0.25) is 4.79 Å².